The Morgan fingerprint density at radius 2 is 2.09 bits per heavy atom. The zero-order valence-corrected chi connectivity index (χ0v) is 14.0. The van der Waals surface area contributed by atoms with Crippen molar-refractivity contribution in [1.29, 1.82) is 0 Å². The van der Waals surface area contributed by atoms with E-state index in [2.05, 4.69) is 15.7 Å². The lowest BCUT2D eigenvalue weighted by Crippen LogP contribution is -2.38. The van der Waals surface area contributed by atoms with Gasteiger partial charge in [0.15, 0.2) is 5.75 Å². The molecule has 126 valence electrons. The maximum atomic E-state index is 11.9. The second kappa shape index (κ2) is 7.87. The van der Waals surface area contributed by atoms with Crippen LogP contribution in [-0.2, 0) is 4.79 Å². The molecule has 0 atom stereocenters. The summed E-state index contributed by atoms with van der Waals surface area (Å²) in [5, 5.41) is 12.5. The van der Waals surface area contributed by atoms with Gasteiger partial charge in [-0.2, -0.15) is 0 Å². The summed E-state index contributed by atoms with van der Waals surface area (Å²) in [4.78, 5) is 19.4. The lowest BCUT2D eigenvalue weighted by Gasteiger charge is -2.23. The summed E-state index contributed by atoms with van der Waals surface area (Å²) in [6.07, 6.45) is 0.644. The molecule has 6 nitrogen and oxygen atoms in total. The van der Waals surface area contributed by atoms with Crippen molar-refractivity contribution in [3.63, 3.8) is 0 Å². The number of benzene rings is 1. The molecule has 1 aromatic carbocycles. The topological polar surface area (TPSA) is 73.8 Å². The van der Waals surface area contributed by atoms with Gasteiger partial charge in [-0.05, 0) is 43.8 Å². The van der Waals surface area contributed by atoms with Crippen LogP contribution in [0.15, 0.2) is 23.9 Å². The summed E-state index contributed by atoms with van der Waals surface area (Å²) in [5.41, 5.74) is 5.71. The first-order valence-electron chi connectivity index (χ1n) is 8.00. The second-order valence-corrected chi connectivity index (χ2v) is 5.55. The number of rotatable bonds is 7. The van der Waals surface area contributed by atoms with Gasteiger partial charge in [0.25, 0.3) is 0 Å². The molecule has 2 rings (SSSR count). The van der Waals surface area contributed by atoms with E-state index in [0.717, 1.165) is 29.9 Å². The third kappa shape index (κ3) is 4.39. The van der Waals surface area contributed by atoms with Crippen molar-refractivity contribution < 1.29 is 14.7 Å². The molecule has 1 aliphatic rings. The average Bonchev–Trinajstić information content (AvgIpc) is 2.55. The number of carbonyl (C=O) groups excluding carboxylic acids is 1. The number of likely N-dealkylation sites (N-methyl/N-ethyl adjacent to an activating group) is 1. The maximum Gasteiger partial charge on any atom is 0.234 e. The first-order chi connectivity index (χ1) is 11.0. The van der Waals surface area contributed by atoms with E-state index in [1.807, 2.05) is 20.8 Å². The minimum atomic E-state index is 0.0294. The predicted octanol–water partition coefficient (Wildman–Crippen LogP) is 1.87. The molecule has 0 radical (unpaired) electrons. The van der Waals surface area contributed by atoms with E-state index in [9.17, 15) is 9.90 Å². The van der Waals surface area contributed by atoms with E-state index in [-0.39, 0.29) is 11.7 Å². The fourth-order valence-corrected chi connectivity index (χ4v) is 2.53. The number of hydroxylamine groups is 1. The molecule has 0 saturated carbocycles. The van der Waals surface area contributed by atoms with Crippen LogP contribution in [0.2, 0.25) is 0 Å². The normalized spacial score (nSPS) is 13.4. The molecule has 0 saturated heterocycles. The molecule has 1 amide bonds. The fourth-order valence-electron chi connectivity index (χ4n) is 2.53. The number of hydrogen-bond acceptors (Lipinski definition) is 5. The molecule has 0 unspecified atom stereocenters. The van der Waals surface area contributed by atoms with Crippen LogP contribution in [-0.4, -0.2) is 42.1 Å². The van der Waals surface area contributed by atoms with Crippen molar-refractivity contribution in [1.82, 2.24) is 15.7 Å². The van der Waals surface area contributed by atoms with Crippen LogP contribution >= 0.6 is 0 Å². The Labute approximate surface area is 137 Å². The Morgan fingerprint density at radius 1 is 1.35 bits per heavy atom. The molecule has 1 aromatic rings. The Bertz CT molecular complexity index is 595. The number of nitrogens with zero attached hydrogens (tertiary/aromatic N) is 1. The minimum absolute atomic E-state index is 0.0294. The van der Waals surface area contributed by atoms with E-state index in [1.165, 1.54) is 0 Å². The lowest BCUT2D eigenvalue weighted by atomic mass is 10.0. The van der Waals surface area contributed by atoms with E-state index in [4.69, 9.17) is 4.84 Å². The van der Waals surface area contributed by atoms with Crippen LogP contribution in [0, 0.1) is 0 Å². The Hall–Kier alpha value is -2.21. The quantitative estimate of drug-likeness (QED) is 0.715. The number of nitrogens with one attached hydrogen (secondary N) is 2. The summed E-state index contributed by atoms with van der Waals surface area (Å²) in [5.74, 6) is 0.928. The summed E-state index contributed by atoms with van der Waals surface area (Å²) < 4.78 is 0. The summed E-state index contributed by atoms with van der Waals surface area (Å²) in [6, 6.07) is 5.00. The van der Waals surface area contributed by atoms with Gasteiger partial charge in [0.1, 0.15) is 5.75 Å². The van der Waals surface area contributed by atoms with Gasteiger partial charge >= 0.3 is 0 Å². The Balaban J connectivity index is 1.91. The van der Waals surface area contributed by atoms with E-state index in [1.54, 1.807) is 18.2 Å². The van der Waals surface area contributed by atoms with Crippen LogP contribution in [0.25, 0.3) is 5.57 Å². The molecule has 3 N–H and O–H groups in total. The number of hydrogen-bond donors (Lipinski definition) is 3. The smallest absolute Gasteiger partial charge is 0.234 e. The number of aromatic hydroxyl groups is 1. The minimum Gasteiger partial charge on any atom is -0.508 e. The van der Waals surface area contributed by atoms with Gasteiger partial charge in [0, 0.05) is 18.5 Å². The molecule has 0 aliphatic carbocycles. The molecule has 0 bridgehead atoms. The van der Waals surface area contributed by atoms with E-state index in [0.29, 0.717) is 25.3 Å². The summed E-state index contributed by atoms with van der Waals surface area (Å²) >= 11 is 0. The van der Waals surface area contributed by atoms with Crippen molar-refractivity contribution in [3.8, 4) is 11.5 Å². The van der Waals surface area contributed by atoms with Crippen molar-refractivity contribution in [3.05, 3.63) is 29.5 Å². The first kappa shape index (κ1) is 17.1. The van der Waals surface area contributed by atoms with Crippen LogP contribution in [0.5, 0.6) is 11.5 Å². The number of phenols is 1. The number of allylic oxidation sites excluding steroid dienone is 1. The average molecular weight is 319 g/mol. The Kier molecular flexibility index (Phi) is 5.87. The molecule has 0 aromatic heterocycles. The van der Waals surface area contributed by atoms with Crippen molar-refractivity contribution in [2.75, 3.05) is 26.2 Å². The highest BCUT2D eigenvalue weighted by atomic mass is 16.6. The molecule has 0 spiro atoms. The molecular formula is C17H25N3O3. The van der Waals surface area contributed by atoms with Gasteiger partial charge in [-0.25, -0.2) is 5.48 Å². The standard InChI is InChI=1S/C17H25N3O3/c1-4-20(5-2)11-17(22)18-9-8-15-12(3)14-10-13(21)6-7-16(14)23-19-15/h6-7,10,19,21H,4-5,8-9,11H2,1-3H3,(H,18,22). The third-order valence-electron chi connectivity index (χ3n) is 4.06. The second-order valence-electron chi connectivity index (χ2n) is 5.55. The zero-order valence-electron chi connectivity index (χ0n) is 14.0. The summed E-state index contributed by atoms with van der Waals surface area (Å²) in [6.45, 7) is 8.75. The maximum absolute atomic E-state index is 11.9. The van der Waals surface area contributed by atoms with Gasteiger partial charge in [-0.15, -0.1) is 0 Å². The zero-order chi connectivity index (χ0) is 16.8. The van der Waals surface area contributed by atoms with Gasteiger partial charge < -0.3 is 15.3 Å². The largest absolute Gasteiger partial charge is 0.508 e. The van der Waals surface area contributed by atoms with Crippen molar-refractivity contribution in [2.45, 2.75) is 27.2 Å². The van der Waals surface area contributed by atoms with Gasteiger partial charge in [0.2, 0.25) is 5.91 Å². The molecular weight excluding hydrogens is 294 g/mol. The number of carbonyl (C=O) groups is 1. The number of phenolic OH excluding ortho intramolecular Hbond substituents is 1. The third-order valence-corrected chi connectivity index (χ3v) is 4.06. The van der Waals surface area contributed by atoms with Crippen LogP contribution in [0.1, 0.15) is 32.8 Å². The van der Waals surface area contributed by atoms with Crippen LogP contribution in [0.4, 0.5) is 0 Å². The molecule has 1 aliphatic heterocycles. The number of amides is 1. The monoisotopic (exact) mass is 319 g/mol. The summed E-state index contributed by atoms with van der Waals surface area (Å²) in [7, 11) is 0. The Morgan fingerprint density at radius 3 is 2.78 bits per heavy atom. The first-order valence-corrected chi connectivity index (χ1v) is 8.00. The van der Waals surface area contributed by atoms with Gasteiger partial charge in [-0.3, -0.25) is 9.69 Å². The molecule has 23 heavy (non-hydrogen) atoms. The molecule has 1 heterocycles. The van der Waals surface area contributed by atoms with Crippen molar-refractivity contribution >= 4 is 11.5 Å². The van der Waals surface area contributed by atoms with Gasteiger partial charge in [0.05, 0.1) is 12.2 Å². The predicted molar refractivity (Wildman–Crippen MR) is 89.9 cm³/mol. The lowest BCUT2D eigenvalue weighted by molar-refractivity contribution is -0.122. The van der Waals surface area contributed by atoms with Crippen LogP contribution < -0.4 is 15.6 Å². The number of fused-ring (bicyclic) bond motifs is 1. The van der Waals surface area contributed by atoms with E-state index < -0.39 is 0 Å². The highest BCUT2D eigenvalue weighted by Gasteiger charge is 2.17. The fraction of sp³-hybridized carbons (Fsp3) is 0.471. The molecule has 0 fully saturated rings. The van der Waals surface area contributed by atoms with Gasteiger partial charge in [-0.1, -0.05) is 13.8 Å². The highest BCUT2D eigenvalue weighted by molar-refractivity contribution is 5.78. The SMILES string of the molecule is CCN(CC)CC(=O)NCCC1=C(C)c2cc(O)ccc2ON1. The van der Waals surface area contributed by atoms with E-state index >= 15 is 0 Å². The van der Waals surface area contributed by atoms with Crippen molar-refractivity contribution in [2.24, 2.45) is 0 Å². The molecule has 6 heteroatoms. The van der Waals surface area contributed by atoms with Crippen LogP contribution in [0.3, 0.4) is 0 Å². The highest BCUT2D eigenvalue weighted by Crippen LogP contribution is 2.34.